The van der Waals surface area contributed by atoms with Crippen molar-refractivity contribution in [2.24, 2.45) is 0 Å². The van der Waals surface area contributed by atoms with E-state index in [1.54, 1.807) is 6.26 Å². The Morgan fingerprint density at radius 1 is 1.25 bits per heavy atom. The molecular weight excluding hydrogens is 150 g/mol. The lowest BCUT2D eigenvalue weighted by atomic mass is 10.4. The predicted octanol–water partition coefficient (Wildman–Crippen LogP) is 2.69. The fraction of sp³-hybridized carbons (Fsp3) is 0.200. The summed E-state index contributed by atoms with van der Waals surface area (Å²) in [6.45, 7) is 4.04. The summed E-state index contributed by atoms with van der Waals surface area (Å²) in [6, 6.07) is 4.04. The molecule has 2 aromatic rings. The maximum Gasteiger partial charge on any atom is 0.124 e. The van der Waals surface area contributed by atoms with Gasteiger partial charge in [-0.2, -0.15) is 0 Å². The third-order valence-electron chi connectivity index (χ3n) is 1.95. The first kappa shape index (κ1) is 7.22. The Morgan fingerprint density at radius 3 is 2.58 bits per heavy atom. The lowest BCUT2D eigenvalue weighted by Crippen LogP contribution is -1.88. The number of furan rings is 1. The van der Waals surface area contributed by atoms with Crippen molar-refractivity contribution in [2.75, 3.05) is 0 Å². The van der Waals surface area contributed by atoms with Gasteiger partial charge in [-0.1, -0.05) is 0 Å². The van der Waals surface area contributed by atoms with Gasteiger partial charge in [0.2, 0.25) is 0 Å². The van der Waals surface area contributed by atoms with Gasteiger partial charge in [-0.25, -0.2) is 0 Å². The van der Waals surface area contributed by atoms with E-state index in [0.717, 1.165) is 11.4 Å². The Balaban J connectivity index is 2.50. The van der Waals surface area contributed by atoms with Crippen LogP contribution in [0.4, 0.5) is 0 Å². The summed E-state index contributed by atoms with van der Waals surface area (Å²) in [4.78, 5) is 0. The van der Waals surface area contributed by atoms with Gasteiger partial charge in [-0.05, 0) is 25.5 Å². The van der Waals surface area contributed by atoms with Crippen LogP contribution in [-0.4, -0.2) is 4.57 Å². The topological polar surface area (TPSA) is 18.1 Å². The standard InChI is InChI=1S/C10H11NO/c1-8-3-5-11(7-8)10-4-6-12-9(10)2/h3-7H,1-2H3. The number of hydrogen-bond acceptors (Lipinski definition) is 1. The Labute approximate surface area is 71.4 Å². The minimum absolute atomic E-state index is 0.950. The highest BCUT2D eigenvalue weighted by atomic mass is 16.3. The van der Waals surface area contributed by atoms with Gasteiger partial charge in [0.1, 0.15) is 5.76 Å². The highest BCUT2D eigenvalue weighted by Crippen LogP contribution is 2.15. The van der Waals surface area contributed by atoms with Crippen LogP contribution in [0.5, 0.6) is 0 Å². The van der Waals surface area contributed by atoms with E-state index in [2.05, 4.69) is 23.8 Å². The van der Waals surface area contributed by atoms with Gasteiger partial charge < -0.3 is 8.98 Å². The van der Waals surface area contributed by atoms with E-state index in [4.69, 9.17) is 4.42 Å². The van der Waals surface area contributed by atoms with E-state index in [9.17, 15) is 0 Å². The molecule has 2 heteroatoms. The van der Waals surface area contributed by atoms with Crippen LogP contribution in [0.3, 0.4) is 0 Å². The second kappa shape index (κ2) is 2.55. The third kappa shape index (κ3) is 1.05. The molecule has 62 valence electrons. The smallest absolute Gasteiger partial charge is 0.124 e. The van der Waals surface area contributed by atoms with Crippen LogP contribution in [0.15, 0.2) is 35.2 Å². The lowest BCUT2D eigenvalue weighted by molar-refractivity contribution is 0.532. The number of aromatic nitrogens is 1. The van der Waals surface area contributed by atoms with E-state index in [1.807, 2.05) is 19.2 Å². The number of nitrogens with zero attached hydrogens (tertiary/aromatic N) is 1. The first-order chi connectivity index (χ1) is 5.77. The quantitative estimate of drug-likeness (QED) is 0.628. The van der Waals surface area contributed by atoms with Gasteiger partial charge in [0.05, 0.1) is 12.0 Å². The molecule has 0 N–H and O–H groups in total. The number of rotatable bonds is 1. The van der Waals surface area contributed by atoms with Crippen LogP contribution >= 0.6 is 0 Å². The van der Waals surface area contributed by atoms with Crippen molar-refractivity contribution < 1.29 is 4.42 Å². The van der Waals surface area contributed by atoms with Crippen LogP contribution in [0.25, 0.3) is 5.69 Å². The molecule has 0 unspecified atom stereocenters. The normalized spacial score (nSPS) is 10.5. The summed E-state index contributed by atoms with van der Waals surface area (Å²) < 4.78 is 7.27. The van der Waals surface area contributed by atoms with Crippen molar-refractivity contribution in [1.29, 1.82) is 0 Å². The molecule has 0 spiro atoms. The Hall–Kier alpha value is -1.44. The Bertz CT molecular complexity index is 384. The van der Waals surface area contributed by atoms with Crippen LogP contribution < -0.4 is 0 Å². The molecule has 0 aliphatic carbocycles. The minimum Gasteiger partial charge on any atom is -0.467 e. The summed E-state index contributed by atoms with van der Waals surface area (Å²) in [5.74, 6) is 0.950. The summed E-state index contributed by atoms with van der Waals surface area (Å²) >= 11 is 0. The summed E-state index contributed by atoms with van der Waals surface area (Å²) in [7, 11) is 0. The summed E-state index contributed by atoms with van der Waals surface area (Å²) in [5, 5.41) is 0. The van der Waals surface area contributed by atoms with Gasteiger partial charge in [0.25, 0.3) is 0 Å². The molecule has 0 aromatic carbocycles. The molecule has 0 saturated carbocycles. The molecule has 2 rings (SSSR count). The number of hydrogen-bond donors (Lipinski definition) is 0. The Morgan fingerprint density at radius 2 is 2.08 bits per heavy atom. The molecule has 2 nitrogen and oxygen atoms in total. The second-order valence-corrected chi connectivity index (χ2v) is 2.96. The molecule has 0 bridgehead atoms. The molecule has 0 amide bonds. The zero-order chi connectivity index (χ0) is 8.55. The van der Waals surface area contributed by atoms with E-state index >= 15 is 0 Å². The van der Waals surface area contributed by atoms with E-state index in [-0.39, 0.29) is 0 Å². The lowest BCUT2D eigenvalue weighted by Gasteiger charge is -1.97. The first-order valence-corrected chi connectivity index (χ1v) is 3.96. The molecular formula is C10H11NO. The molecule has 0 saturated heterocycles. The highest BCUT2D eigenvalue weighted by molar-refractivity contribution is 5.35. The molecule has 0 fully saturated rings. The van der Waals surface area contributed by atoms with Gasteiger partial charge in [-0.15, -0.1) is 0 Å². The van der Waals surface area contributed by atoms with E-state index < -0.39 is 0 Å². The fourth-order valence-electron chi connectivity index (χ4n) is 1.30. The fourth-order valence-corrected chi connectivity index (χ4v) is 1.30. The largest absolute Gasteiger partial charge is 0.467 e. The van der Waals surface area contributed by atoms with E-state index in [1.165, 1.54) is 5.56 Å². The van der Waals surface area contributed by atoms with Crippen LogP contribution in [0, 0.1) is 13.8 Å². The summed E-state index contributed by atoms with van der Waals surface area (Å²) in [6.07, 6.45) is 5.82. The molecule has 0 aliphatic heterocycles. The van der Waals surface area contributed by atoms with Crippen molar-refractivity contribution in [3.05, 3.63) is 42.1 Å². The zero-order valence-electron chi connectivity index (χ0n) is 7.24. The Kier molecular flexibility index (Phi) is 1.54. The van der Waals surface area contributed by atoms with Crippen molar-refractivity contribution >= 4 is 0 Å². The van der Waals surface area contributed by atoms with Crippen molar-refractivity contribution in [3.8, 4) is 5.69 Å². The monoisotopic (exact) mass is 161 g/mol. The maximum atomic E-state index is 5.21. The second-order valence-electron chi connectivity index (χ2n) is 2.96. The van der Waals surface area contributed by atoms with Crippen molar-refractivity contribution in [1.82, 2.24) is 4.57 Å². The van der Waals surface area contributed by atoms with Crippen LogP contribution in [0.2, 0.25) is 0 Å². The third-order valence-corrected chi connectivity index (χ3v) is 1.95. The number of aryl methyl sites for hydroxylation is 2. The van der Waals surface area contributed by atoms with Crippen LogP contribution in [0.1, 0.15) is 11.3 Å². The van der Waals surface area contributed by atoms with Crippen molar-refractivity contribution in [3.63, 3.8) is 0 Å². The first-order valence-electron chi connectivity index (χ1n) is 3.96. The minimum atomic E-state index is 0.950. The van der Waals surface area contributed by atoms with Gasteiger partial charge in [-0.3, -0.25) is 0 Å². The van der Waals surface area contributed by atoms with Gasteiger partial charge in [0.15, 0.2) is 0 Å². The average Bonchev–Trinajstić information content (AvgIpc) is 2.58. The molecule has 0 atom stereocenters. The average molecular weight is 161 g/mol. The predicted molar refractivity (Wildman–Crippen MR) is 47.5 cm³/mol. The molecule has 12 heavy (non-hydrogen) atoms. The van der Waals surface area contributed by atoms with Gasteiger partial charge >= 0.3 is 0 Å². The van der Waals surface area contributed by atoms with Crippen molar-refractivity contribution in [2.45, 2.75) is 13.8 Å². The zero-order valence-corrected chi connectivity index (χ0v) is 7.24. The summed E-state index contributed by atoms with van der Waals surface area (Å²) in [5.41, 5.74) is 2.37. The SMILES string of the molecule is Cc1ccn(-c2ccoc2C)c1. The molecule has 2 heterocycles. The molecule has 0 aliphatic rings. The van der Waals surface area contributed by atoms with Gasteiger partial charge in [0, 0.05) is 18.5 Å². The molecule has 2 aromatic heterocycles. The van der Waals surface area contributed by atoms with Crippen LogP contribution in [-0.2, 0) is 0 Å². The molecule has 0 radical (unpaired) electrons. The van der Waals surface area contributed by atoms with E-state index in [0.29, 0.717) is 0 Å². The maximum absolute atomic E-state index is 5.21. The highest BCUT2D eigenvalue weighted by Gasteiger charge is 2.01.